The quantitative estimate of drug-likeness (QED) is 0.285. The largest absolute Gasteiger partial charge is 0.513 e. The van der Waals surface area contributed by atoms with E-state index in [0.29, 0.717) is 36.1 Å². The summed E-state index contributed by atoms with van der Waals surface area (Å²) in [5, 5.41) is 9.33. The molecule has 146 valence electrons. The van der Waals surface area contributed by atoms with Crippen LogP contribution in [0.5, 0.6) is 5.75 Å². The molecular formula is C20H24O7. The number of carbonyl (C=O) groups excluding carboxylic acids is 2. The van der Waals surface area contributed by atoms with Crippen molar-refractivity contribution >= 4 is 24.2 Å². The molecule has 0 heterocycles. The molecule has 1 aromatic rings. The van der Waals surface area contributed by atoms with Crippen LogP contribution < -0.4 is 4.74 Å². The normalized spacial score (nSPS) is 10.8. The zero-order chi connectivity index (χ0) is 20.2. The van der Waals surface area contributed by atoms with E-state index >= 15 is 0 Å². The standard InChI is InChI=1S/C20H24O7/c1-4-25-20(24)27-17-10-8-15(9-11-17)13-16(18(21)22)7-5-6-12-26-19(23)14(2)3/h8-11,13H,2,4-7,12H2,1,3H3,(H,21,22). The molecule has 0 aromatic heterocycles. The van der Waals surface area contributed by atoms with Crippen molar-refractivity contribution in [3.05, 3.63) is 47.6 Å². The molecule has 0 aliphatic carbocycles. The van der Waals surface area contributed by atoms with Gasteiger partial charge in [0.15, 0.2) is 0 Å². The van der Waals surface area contributed by atoms with E-state index in [1.165, 1.54) is 0 Å². The highest BCUT2D eigenvalue weighted by Crippen LogP contribution is 2.18. The van der Waals surface area contributed by atoms with Crippen molar-refractivity contribution in [3.63, 3.8) is 0 Å². The van der Waals surface area contributed by atoms with Gasteiger partial charge < -0.3 is 19.3 Å². The lowest BCUT2D eigenvalue weighted by Crippen LogP contribution is -2.09. The minimum atomic E-state index is -1.01. The van der Waals surface area contributed by atoms with E-state index < -0.39 is 18.1 Å². The van der Waals surface area contributed by atoms with Gasteiger partial charge in [0.05, 0.1) is 13.2 Å². The Labute approximate surface area is 158 Å². The Balaban J connectivity index is 2.57. The molecule has 0 saturated heterocycles. The van der Waals surface area contributed by atoms with Crippen LogP contribution in [0.4, 0.5) is 4.79 Å². The van der Waals surface area contributed by atoms with Crippen molar-refractivity contribution in [1.29, 1.82) is 0 Å². The van der Waals surface area contributed by atoms with Crippen LogP contribution in [0.15, 0.2) is 42.0 Å². The van der Waals surface area contributed by atoms with Crippen molar-refractivity contribution in [2.24, 2.45) is 0 Å². The SMILES string of the molecule is C=C(C)C(=O)OCCCCC(=Cc1ccc(OC(=O)OCC)cc1)C(=O)O. The summed E-state index contributed by atoms with van der Waals surface area (Å²) >= 11 is 0. The molecule has 7 heteroatoms. The summed E-state index contributed by atoms with van der Waals surface area (Å²) in [6.07, 6.45) is 2.21. The highest BCUT2D eigenvalue weighted by molar-refractivity contribution is 5.92. The van der Waals surface area contributed by atoms with Crippen LogP contribution in [-0.4, -0.2) is 36.4 Å². The summed E-state index contributed by atoms with van der Waals surface area (Å²) in [5.74, 6) is -1.16. The van der Waals surface area contributed by atoms with Gasteiger partial charge in [0.25, 0.3) is 0 Å². The number of rotatable bonds is 10. The van der Waals surface area contributed by atoms with E-state index in [9.17, 15) is 19.5 Å². The minimum absolute atomic E-state index is 0.216. The zero-order valence-electron chi connectivity index (χ0n) is 15.5. The number of benzene rings is 1. The van der Waals surface area contributed by atoms with Gasteiger partial charge in [0.2, 0.25) is 0 Å². The summed E-state index contributed by atoms with van der Waals surface area (Å²) < 4.78 is 14.6. The summed E-state index contributed by atoms with van der Waals surface area (Å²) in [7, 11) is 0. The molecule has 1 N–H and O–H groups in total. The fourth-order valence-corrected chi connectivity index (χ4v) is 2.02. The van der Waals surface area contributed by atoms with Crippen LogP contribution in [0.1, 0.15) is 38.7 Å². The Morgan fingerprint density at radius 3 is 2.33 bits per heavy atom. The van der Waals surface area contributed by atoms with Gasteiger partial charge in [0, 0.05) is 11.1 Å². The Bertz CT molecular complexity index is 702. The summed E-state index contributed by atoms with van der Waals surface area (Å²) in [4.78, 5) is 33.9. The Kier molecular flexibility index (Phi) is 9.36. The molecule has 7 nitrogen and oxygen atoms in total. The zero-order valence-corrected chi connectivity index (χ0v) is 15.5. The van der Waals surface area contributed by atoms with Gasteiger partial charge in [0.1, 0.15) is 5.75 Å². The van der Waals surface area contributed by atoms with Gasteiger partial charge in [-0.2, -0.15) is 0 Å². The van der Waals surface area contributed by atoms with Gasteiger partial charge in [-0.25, -0.2) is 14.4 Å². The molecule has 1 rings (SSSR count). The Hall–Kier alpha value is -3.09. The van der Waals surface area contributed by atoms with Crippen LogP contribution in [0.25, 0.3) is 6.08 Å². The number of hydrogen-bond acceptors (Lipinski definition) is 6. The van der Waals surface area contributed by atoms with Crippen LogP contribution in [0, 0.1) is 0 Å². The van der Waals surface area contributed by atoms with Crippen LogP contribution in [0.3, 0.4) is 0 Å². The molecule has 0 spiro atoms. The number of carboxylic acids is 1. The molecule has 27 heavy (non-hydrogen) atoms. The number of aliphatic carboxylic acids is 1. The molecule has 1 aromatic carbocycles. The number of ether oxygens (including phenoxy) is 3. The molecule has 0 saturated carbocycles. The molecular weight excluding hydrogens is 352 g/mol. The van der Waals surface area contributed by atoms with E-state index in [1.54, 1.807) is 44.2 Å². The highest BCUT2D eigenvalue weighted by Gasteiger charge is 2.09. The smallest absolute Gasteiger partial charge is 0.478 e. The number of hydrogen-bond donors (Lipinski definition) is 1. The van der Waals surface area contributed by atoms with E-state index in [1.807, 2.05) is 0 Å². The maximum atomic E-state index is 11.4. The molecule has 0 radical (unpaired) electrons. The molecule has 0 aliphatic rings. The Morgan fingerprint density at radius 2 is 1.78 bits per heavy atom. The molecule has 0 fully saturated rings. The fraction of sp³-hybridized carbons (Fsp3) is 0.350. The predicted octanol–water partition coefficient (Wildman–Crippen LogP) is 3.98. The number of unbranched alkanes of at least 4 members (excludes halogenated alkanes) is 1. The van der Waals surface area contributed by atoms with Gasteiger partial charge in [-0.1, -0.05) is 18.7 Å². The van der Waals surface area contributed by atoms with E-state index in [4.69, 9.17) is 9.47 Å². The molecule has 0 bridgehead atoms. The summed E-state index contributed by atoms with van der Waals surface area (Å²) in [5.41, 5.74) is 1.23. The first-order valence-corrected chi connectivity index (χ1v) is 8.54. The van der Waals surface area contributed by atoms with Crippen molar-refractivity contribution < 1.29 is 33.7 Å². The fourth-order valence-electron chi connectivity index (χ4n) is 2.02. The first-order valence-electron chi connectivity index (χ1n) is 8.54. The predicted molar refractivity (Wildman–Crippen MR) is 99.3 cm³/mol. The topological polar surface area (TPSA) is 99.1 Å². The second-order valence-corrected chi connectivity index (χ2v) is 5.70. The first kappa shape index (κ1) is 22.0. The third-order valence-corrected chi connectivity index (χ3v) is 3.38. The lowest BCUT2D eigenvalue weighted by Gasteiger charge is -2.06. The number of esters is 1. The third-order valence-electron chi connectivity index (χ3n) is 3.38. The molecule has 0 amide bonds. The van der Waals surface area contributed by atoms with Crippen molar-refractivity contribution in [2.45, 2.75) is 33.1 Å². The van der Waals surface area contributed by atoms with Crippen LogP contribution in [-0.2, 0) is 19.1 Å². The van der Waals surface area contributed by atoms with Gasteiger partial charge >= 0.3 is 18.1 Å². The van der Waals surface area contributed by atoms with Gasteiger partial charge in [-0.15, -0.1) is 0 Å². The summed E-state index contributed by atoms with van der Waals surface area (Å²) in [6.45, 7) is 7.16. The van der Waals surface area contributed by atoms with E-state index in [2.05, 4.69) is 11.3 Å². The van der Waals surface area contributed by atoms with Gasteiger partial charge in [-0.05, 0) is 56.9 Å². The lowest BCUT2D eigenvalue weighted by molar-refractivity contribution is -0.139. The number of carboxylic acid groups (broad SMARTS) is 1. The Morgan fingerprint density at radius 1 is 1.11 bits per heavy atom. The maximum Gasteiger partial charge on any atom is 0.513 e. The average Bonchev–Trinajstić information content (AvgIpc) is 2.61. The van der Waals surface area contributed by atoms with Gasteiger partial charge in [-0.3, -0.25) is 0 Å². The summed E-state index contributed by atoms with van der Waals surface area (Å²) in [6, 6.07) is 6.40. The average molecular weight is 376 g/mol. The maximum absolute atomic E-state index is 11.4. The second-order valence-electron chi connectivity index (χ2n) is 5.70. The molecule has 0 aliphatic heterocycles. The van der Waals surface area contributed by atoms with E-state index in [-0.39, 0.29) is 18.8 Å². The third kappa shape index (κ3) is 8.71. The first-order chi connectivity index (χ1) is 12.8. The van der Waals surface area contributed by atoms with E-state index in [0.717, 1.165) is 0 Å². The van der Waals surface area contributed by atoms with Crippen molar-refractivity contribution in [3.8, 4) is 5.75 Å². The molecule has 0 unspecified atom stereocenters. The van der Waals surface area contributed by atoms with Crippen LogP contribution in [0.2, 0.25) is 0 Å². The second kappa shape index (κ2) is 11.5. The highest BCUT2D eigenvalue weighted by atomic mass is 16.7. The van der Waals surface area contributed by atoms with Crippen molar-refractivity contribution in [2.75, 3.05) is 13.2 Å². The minimum Gasteiger partial charge on any atom is -0.478 e. The monoisotopic (exact) mass is 376 g/mol. The van der Waals surface area contributed by atoms with Crippen molar-refractivity contribution in [1.82, 2.24) is 0 Å². The number of carbonyl (C=O) groups is 3. The van der Waals surface area contributed by atoms with Crippen LogP contribution >= 0.6 is 0 Å². The molecule has 0 atom stereocenters. The lowest BCUT2D eigenvalue weighted by atomic mass is 10.1.